The summed E-state index contributed by atoms with van der Waals surface area (Å²) in [6.07, 6.45) is 2.23. The van der Waals surface area contributed by atoms with Gasteiger partial charge in [-0.2, -0.15) is 0 Å². The molecule has 5 aromatic rings. The summed E-state index contributed by atoms with van der Waals surface area (Å²) in [5.41, 5.74) is 12.6. The summed E-state index contributed by atoms with van der Waals surface area (Å²) in [4.78, 5) is 4.83. The monoisotopic (exact) mass is 524 g/mol. The van der Waals surface area contributed by atoms with Crippen molar-refractivity contribution in [1.82, 2.24) is 0 Å². The summed E-state index contributed by atoms with van der Waals surface area (Å²) in [6.45, 7) is 10.9. The summed E-state index contributed by atoms with van der Waals surface area (Å²) in [6, 6.07) is 44.0. The molecule has 0 radical (unpaired) electrons. The van der Waals surface area contributed by atoms with Crippen molar-refractivity contribution in [3.05, 3.63) is 144 Å². The van der Waals surface area contributed by atoms with E-state index in [0.717, 1.165) is 25.9 Å². The molecular formula is C38H40N2. The Kier molecular flexibility index (Phi) is 8.66. The first kappa shape index (κ1) is 27.3. The van der Waals surface area contributed by atoms with Gasteiger partial charge in [-0.15, -0.1) is 0 Å². The van der Waals surface area contributed by atoms with E-state index < -0.39 is 0 Å². The van der Waals surface area contributed by atoms with Crippen molar-refractivity contribution in [2.24, 2.45) is 0 Å². The number of aryl methyl sites for hydroxylation is 4. The van der Waals surface area contributed by atoms with Crippen LogP contribution in [0.4, 0.5) is 22.7 Å². The van der Waals surface area contributed by atoms with Gasteiger partial charge in [0.2, 0.25) is 0 Å². The van der Waals surface area contributed by atoms with Gasteiger partial charge in [-0.1, -0.05) is 90.5 Å². The third-order valence-corrected chi connectivity index (χ3v) is 7.68. The van der Waals surface area contributed by atoms with Crippen LogP contribution in [0.1, 0.15) is 35.6 Å². The molecule has 0 atom stereocenters. The topological polar surface area (TPSA) is 6.48 Å². The summed E-state index contributed by atoms with van der Waals surface area (Å²) >= 11 is 0. The lowest BCUT2D eigenvalue weighted by atomic mass is 10.00. The van der Waals surface area contributed by atoms with E-state index in [1.54, 1.807) is 0 Å². The Balaban J connectivity index is 1.31. The zero-order valence-corrected chi connectivity index (χ0v) is 24.3. The van der Waals surface area contributed by atoms with Crippen molar-refractivity contribution in [2.45, 2.75) is 40.5 Å². The number of benzene rings is 5. The van der Waals surface area contributed by atoms with Crippen molar-refractivity contribution in [3.8, 4) is 11.1 Å². The first-order valence-corrected chi connectivity index (χ1v) is 14.5. The zero-order valence-electron chi connectivity index (χ0n) is 24.3. The SMILES string of the molecule is CCN(CCCc1ccc(-c2ccc(N(c3ccccc3)c3c(C)cc(C)cc3C)cc2)cc1)c1ccccc1. The second-order valence-corrected chi connectivity index (χ2v) is 10.7. The Morgan fingerprint density at radius 2 is 1.05 bits per heavy atom. The fourth-order valence-electron chi connectivity index (χ4n) is 5.76. The van der Waals surface area contributed by atoms with E-state index in [-0.39, 0.29) is 0 Å². The maximum absolute atomic E-state index is 2.45. The number of para-hydroxylation sites is 2. The minimum Gasteiger partial charge on any atom is -0.372 e. The Bertz CT molecular complexity index is 1480. The molecule has 5 aromatic carbocycles. The maximum Gasteiger partial charge on any atom is 0.0520 e. The number of nitrogens with zero attached hydrogens (tertiary/aromatic N) is 2. The summed E-state index contributed by atoms with van der Waals surface area (Å²) in [5.74, 6) is 0. The van der Waals surface area contributed by atoms with Crippen LogP contribution in [0, 0.1) is 20.8 Å². The van der Waals surface area contributed by atoms with Gasteiger partial charge in [0.15, 0.2) is 0 Å². The van der Waals surface area contributed by atoms with Crippen LogP contribution in [0.2, 0.25) is 0 Å². The molecule has 0 fully saturated rings. The standard InChI is InChI=1S/C38H40N2/c1-5-39(35-14-8-6-9-15-35)26-12-13-32-18-20-33(21-19-32)34-22-24-37(25-23-34)40(36-16-10-7-11-17-36)38-30(3)27-29(2)28-31(38)4/h6-11,14-25,27-28H,5,12-13,26H2,1-4H3. The summed E-state index contributed by atoms with van der Waals surface area (Å²) in [5, 5.41) is 0. The van der Waals surface area contributed by atoms with Crippen molar-refractivity contribution < 1.29 is 0 Å². The normalized spacial score (nSPS) is 10.9. The highest BCUT2D eigenvalue weighted by Crippen LogP contribution is 2.39. The van der Waals surface area contributed by atoms with Crippen LogP contribution in [0.25, 0.3) is 11.1 Å². The Labute approximate surface area is 240 Å². The fourth-order valence-corrected chi connectivity index (χ4v) is 5.76. The van der Waals surface area contributed by atoms with E-state index in [0.29, 0.717) is 0 Å². The Morgan fingerprint density at radius 1 is 0.550 bits per heavy atom. The van der Waals surface area contributed by atoms with Gasteiger partial charge in [0.25, 0.3) is 0 Å². The lowest BCUT2D eigenvalue weighted by molar-refractivity contribution is 0.746. The molecule has 0 aromatic heterocycles. The highest BCUT2D eigenvalue weighted by atomic mass is 15.1. The number of hydrogen-bond donors (Lipinski definition) is 0. The molecule has 40 heavy (non-hydrogen) atoms. The lowest BCUT2D eigenvalue weighted by Gasteiger charge is -2.29. The third-order valence-electron chi connectivity index (χ3n) is 7.68. The third kappa shape index (κ3) is 6.29. The van der Waals surface area contributed by atoms with Gasteiger partial charge in [-0.3, -0.25) is 0 Å². The summed E-state index contributed by atoms with van der Waals surface area (Å²) < 4.78 is 0. The Hall–Kier alpha value is -4.30. The van der Waals surface area contributed by atoms with E-state index in [1.165, 1.54) is 56.1 Å². The van der Waals surface area contributed by atoms with Gasteiger partial charge in [-0.25, -0.2) is 0 Å². The number of hydrogen-bond acceptors (Lipinski definition) is 2. The molecule has 0 N–H and O–H groups in total. The molecule has 5 rings (SSSR count). The molecular weight excluding hydrogens is 484 g/mol. The predicted octanol–water partition coefficient (Wildman–Crippen LogP) is 10.2. The fraction of sp³-hybridized carbons (Fsp3) is 0.211. The quantitative estimate of drug-likeness (QED) is 0.179. The van der Waals surface area contributed by atoms with Gasteiger partial charge < -0.3 is 9.80 Å². The molecule has 0 aliphatic rings. The number of anilines is 4. The van der Waals surface area contributed by atoms with Gasteiger partial charge in [-0.05, 0) is 105 Å². The molecule has 0 saturated heterocycles. The highest BCUT2D eigenvalue weighted by Gasteiger charge is 2.17. The van der Waals surface area contributed by atoms with Crippen LogP contribution >= 0.6 is 0 Å². The first-order valence-electron chi connectivity index (χ1n) is 14.5. The molecule has 0 heterocycles. The van der Waals surface area contributed by atoms with Crippen molar-refractivity contribution in [2.75, 3.05) is 22.9 Å². The van der Waals surface area contributed by atoms with Crippen molar-refractivity contribution >= 4 is 22.7 Å². The molecule has 0 unspecified atom stereocenters. The molecule has 0 aliphatic heterocycles. The molecule has 0 amide bonds. The first-order chi connectivity index (χ1) is 19.5. The molecule has 0 bridgehead atoms. The van der Waals surface area contributed by atoms with Crippen molar-refractivity contribution in [1.29, 1.82) is 0 Å². The lowest BCUT2D eigenvalue weighted by Crippen LogP contribution is -2.24. The van der Waals surface area contributed by atoms with Crippen LogP contribution in [0.5, 0.6) is 0 Å². The molecule has 0 aliphatic carbocycles. The average Bonchev–Trinajstić information content (AvgIpc) is 2.98. The van der Waals surface area contributed by atoms with Crippen LogP contribution in [-0.2, 0) is 6.42 Å². The van der Waals surface area contributed by atoms with Gasteiger partial charge in [0.05, 0.1) is 5.69 Å². The van der Waals surface area contributed by atoms with Crippen LogP contribution in [-0.4, -0.2) is 13.1 Å². The molecule has 2 heteroatoms. The van der Waals surface area contributed by atoms with Gasteiger partial charge in [0, 0.05) is 30.2 Å². The predicted molar refractivity (Wildman–Crippen MR) is 173 cm³/mol. The molecule has 2 nitrogen and oxygen atoms in total. The Morgan fingerprint density at radius 3 is 1.60 bits per heavy atom. The molecule has 0 saturated carbocycles. The van der Waals surface area contributed by atoms with E-state index in [4.69, 9.17) is 0 Å². The summed E-state index contributed by atoms with van der Waals surface area (Å²) in [7, 11) is 0. The van der Waals surface area contributed by atoms with Crippen LogP contribution < -0.4 is 9.80 Å². The number of rotatable bonds is 10. The van der Waals surface area contributed by atoms with Gasteiger partial charge in [0.1, 0.15) is 0 Å². The van der Waals surface area contributed by atoms with E-state index in [2.05, 4.69) is 159 Å². The minimum absolute atomic E-state index is 1.03. The highest BCUT2D eigenvalue weighted by molar-refractivity contribution is 5.81. The second kappa shape index (κ2) is 12.7. The second-order valence-electron chi connectivity index (χ2n) is 10.7. The smallest absolute Gasteiger partial charge is 0.0520 e. The zero-order chi connectivity index (χ0) is 27.9. The maximum atomic E-state index is 2.45. The van der Waals surface area contributed by atoms with Crippen LogP contribution in [0.15, 0.2) is 121 Å². The van der Waals surface area contributed by atoms with E-state index >= 15 is 0 Å². The van der Waals surface area contributed by atoms with E-state index in [1.807, 2.05) is 0 Å². The van der Waals surface area contributed by atoms with Crippen LogP contribution in [0.3, 0.4) is 0 Å². The van der Waals surface area contributed by atoms with Crippen molar-refractivity contribution in [3.63, 3.8) is 0 Å². The molecule has 0 spiro atoms. The van der Waals surface area contributed by atoms with E-state index in [9.17, 15) is 0 Å². The average molecular weight is 525 g/mol. The minimum atomic E-state index is 1.03. The molecule has 202 valence electrons. The van der Waals surface area contributed by atoms with Gasteiger partial charge >= 0.3 is 0 Å². The largest absolute Gasteiger partial charge is 0.372 e.